The predicted octanol–water partition coefficient (Wildman–Crippen LogP) is 4.27. The molecule has 0 bridgehead atoms. The van der Waals surface area contributed by atoms with Crippen molar-refractivity contribution in [2.45, 2.75) is 59.5 Å². The zero-order valence-corrected chi connectivity index (χ0v) is 18.6. The smallest absolute Gasteiger partial charge is 0.305 e. The molecule has 0 fully saturated rings. The Bertz CT molecular complexity index is 749. The van der Waals surface area contributed by atoms with Crippen LogP contribution in [0.3, 0.4) is 0 Å². The third-order valence-electron chi connectivity index (χ3n) is 3.83. The fourth-order valence-corrected chi connectivity index (χ4v) is 2.08. The van der Waals surface area contributed by atoms with Crippen LogP contribution in [0.1, 0.15) is 63.0 Å². The molecule has 0 aliphatic rings. The molecule has 166 valence electrons. The lowest BCUT2D eigenvalue weighted by Crippen LogP contribution is -2.16. The van der Waals surface area contributed by atoms with Gasteiger partial charge in [-0.25, -0.2) is 4.98 Å². The van der Waals surface area contributed by atoms with Gasteiger partial charge in [-0.2, -0.15) is 0 Å². The summed E-state index contributed by atoms with van der Waals surface area (Å²) in [5.41, 5.74) is 5.93. The summed E-state index contributed by atoms with van der Waals surface area (Å²) in [5.74, 6) is -1.06. The number of nitrogens with two attached hydrogens (primary N) is 1. The predicted molar refractivity (Wildman–Crippen MR) is 118 cm³/mol. The molecule has 30 heavy (non-hydrogen) atoms. The number of hydrogen-bond donors (Lipinski definition) is 2. The molecule has 0 radical (unpaired) electrons. The van der Waals surface area contributed by atoms with Crippen LogP contribution in [0.5, 0.6) is 11.5 Å². The number of hydrogen-bond acceptors (Lipinski definition) is 6. The van der Waals surface area contributed by atoms with Gasteiger partial charge in [-0.05, 0) is 12.5 Å². The molecule has 0 spiro atoms. The number of carbonyl (C=O) groups excluding carboxylic acids is 2. The number of methoxy groups -OCH3 is 1. The summed E-state index contributed by atoms with van der Waals surface area (Å²) in [4.78, 5) is 25.2. The fourth-order valence-electron chi connectivity index (χ4n) is 2.08. The molecule has 0 saturated heterocycles. The standard InChI is InChI=1S/C12H16O2.C7H8N2O3.C4H10/c1-3-12(13)14-10(2)9-11-7-5-4-6-8-11;1-12-4-2-3-9-5(6(4)10)7(8)11;1-3-4-2/h4-8,10H,3,9H2,1-2H3;2-3,10H,1H3,(H2,8,11);3-4H2,1-2H3. The van der Waals surface area contributed by atoms with E-state index in [2.05, 4.69) is 18.8 Å². The second kappa shape index (κ2) is 15.8. The fraction of sp³-hybridized carbons (Fsp3) is 0.435. The molecule has 1 unspecified atom stereocenters. The van der Waals surface area contributed by atoms with E-state index in [1.807, 2.05) is 37.3 Å². The van der Waals surface area contributed by atoms with E-state index in [0.717, 1.165) is 6.42 Å². The minimum Gasteiger partial charge on any atom is -0.503 e. The van der Waals surface area contributed by atoms with Crippen LogP contribution >= 0.6 is 0 Å². The normalized spacial score (nSPS) is 10.4. The molecule has 7 nitrogen and oxygen atoms in total. The highest BCUT2D eigenvalue weighted by molar-refractivity contribution is 5.94. The van der Waals surface area contributed by atoms with E-state index in [1.54, 1.807) is 6.92 Å². The van der Waals surface area contributed by atoms with Crippen LogP contribution in [-0.4, -0.2) is 35.2 Å². The SMILES string of the molecule is CCC(=O)OC(C)Cc1ccccc1.CCCC.COc1ccnc(C(N)=O)c1O. The Labute approximate surface area is 179 Å². The zero-order valence-electron chi connectivity index (χ0n) is 18.6. The summed E-state index contributed by atoms with van der Waals surface area (Å²) < 4.78 is 9.90. The van der Waals surface area contributed by atoms with E-state index in [-0.39, 0.29) is 29.3 Å². The van der Waals surface area contributed by atoms with Gasteiger partial charge in [-0.3, -0.25) is 9.59 Å². The van der Waals surface area contributed by atoms with Gasteiger partial charge >= 0.3 is 5.97 Å². The van der Waals surface area contributed by atoms with E-state index in [9.17, 15) is 14.7 Å². The lowest BCUT2D eigenvalue weighted by molar-refractivity contribution is -0.147. The quantitative estimate of drug-likeness (QED) is 0.649. The molecule has 0 aliphatic heterocycles. The molecule has 2 aromatic rings. The first-order valence-corrected chi connectivity index (χ1v) is 10.1. The molecule has 1 atom stereocenters. The first-order chi connectivity index (χ1) is 14.3. The van der Waals surface area contributed by atoms with Gasteiger partial charge in [0.2, 0.25) is 0 Å². The van der Waals surface area contributed by atoms with Crippen molar-refractivity contribution in [1.29, 1.82) is 0 Å². The van der Waals surface area contributed by atoms with Crippen LogP contribution in [-0.2, 0) is 16.0 Å². The second-order valence-corrected chi connectivity index (χ2v) is 6.42. The van der Waals surface area contributed by atoms with Crippen molar-refractivity contribution in [1.82, 2.24) is 4.98 Å². The monoisotopic (exact) mass is 418 g/mol. The average molecular weight is 419 g/mol. The molecule has 1 amide bonds. The molecular weight excluding hydrogens is 384 g/mol. The number of amides is 1. The molecule has 1 aromatic carbocycles. The highest BCUT2D eigenvalue weighted by Gasteiger charge is 2.12. The van der Waals surface area contributed by atoms with E-state index in [4.69, 9.17) is 15.2 Å². The Morgan fingerprint density at radius 3 is 2.17 bits per heavy atom. The van der Waals surface area contributed by atoms with Crippen molar-refractivity contribution in [3.8, 4) is 11.5 Å². The molecule has 1 aromatic heterocycles. The number of aromatic nitrogens is 1. The summed E-state index contributed by atoms with van der Waals surface area (Å²) >= 11 is 0. The van der Waals surface area contributed by atoms with Crippen LogP contribution in [0.2, 0.25) is 0 Å². The molecule has 1 heterocycles. The summed E-state index contributed by atoms with van der Waals surface area (Å²) in [6.07, 6.45) is 5.16. The highest BCUT2D eigenvalue weighted by Crippen LogP contribution is 2.26. The van der Waals surface area contributed by atoms with Crippen LogP contribution in [0.25, 0.3) is 0 Å². The first kappa shape index (κ1) is 26.9. The Morgan fingerprint density at radius 1 is 1.10 bits per heavy atom. The molecular formula is C23H34N2O5. The Balaban J connectivity index is 0.000000481. The number of carbonyl (C=O) groups is 2. The third kappa shape index (κ3) is 11.0. The summed E-state index contributed by atoms with van der Waals surface area (Å²) in [7, 11) is 1.37. The number of ether oxygens (including phenoxy) is 2. The molecule has 0 saturated carbocycles. The summed E-state index contributed by atoms with van der Waals surface area (Å²) in [6, 6.07) is 11.5. The average Bonchev–Trinajstić information content (AvgIpc) is 2.74. The minimum absolute atomic E-state index is 0.0372. The van der Waals surface area contributed by atoms with Gasteiger partial charge in [-0.1, -0.05) is 63.9 Å². The maximum absolute atomic E-state index is 11.0. The van der Waals surface area contributed by atoms with E-state index >= 15 is 0 Å². The molecule has 7 heteroatoms. The number of unbranched alkanes of at least 4 members (excludes halogenated alkanes) is 1. The number of rotatable bonds is 7. The van der Waals surface area contributed by atoms with Gasteiger partial charge in [0.05, 0.1) is 7.11 Å². The van der Waals surface area contributed by atoms with Crippen LogP contribution in [0.15, 0.2) is 42.6 Å². The van der Waals surface area contributed by atoms with Crippen molar-refractivity contribution in [2.24, 2.45) is 5.73 Å². The summed E-state index contributed by atoms with van der Waals surface area (Å²) in [5, 5.41) is 9.27. The maximum Gasteiger partial charge on any atom is 0.305 e. The van der Waals surface area contributed by atoms with Gasteiger partial charge in [0.1, 0.15) is 6.10 Å². The molecule has 2 rings (SSSR count). The lowest BCUT2D eigenvalue weighted by atomic mass is 10.1. The maximum atomic E-state index is 11.0. The van der Waals surface area contributed by atoms with Crippen molar-refractivity contribution in [3.05, 3.63) is 53.9 Å². The van der Waals surface area contributed by atoms with Crippen molar-refractivity contribution in [3.63, 3.8) is 0 Å². The van der Waals surface area contributed by atoms with Crippen LogP contribution < -0.4 is 10.5 Å². The Kier molecular flexibility index (Phi) is 14.2. The topological polar surface area (TPSA) is 112 Å². The first-order valence-electron chi connectivity index (χ1n) is 10.1. The Hall–Kier alpha value is -3.09. The van der Waals surface area contributed by atoms with Gasteiger partial charge < -0.3 is 20.3 Å². The van der Waals surface area contributed by atoms with Gasteiger partial charge in [0, 0.05) is 25.1 Å². The number of nitrogens with zero attached hydrogens (tertiary/aromatic N) is 1. The van der Waals surface area contributed by atoms with Crippen molar-refractivity contribution in [2.75, 3.05) is 7.11 Å². The van der Waals surface area contributed by atoms with E-state index in [0.29, 0.717) is 6.42 Å². The largest absolute Gasteiger partial charge is 0.503 e. The number of pyridine rings is 1. The van der Waals surface area contributed by atoms with Gasteiger partial charge in [0.25, 0.3) is 5.91 Å². The van der Waals surface area contributed by atoms with E-state index < -0.39 is 5.91 Å². The lowest BCUT2D eigenvalue weighted by Gasteiger charge is -2.12. The highest BCUT2D eigenvalue weighted by atomic mass is 16.5. The van der Waals surface area contributed by atoms with Crippen molar-refractivity contribution < 1.29 is 24.2 Å². The van der Waals surface area contributed by atoms with E-state index in [1.165, 1.54) is 37.8 Å². The van der Waals surface area contributed by atoms with Gasteiger partial charge in [0.15, 0.2) is 17.2 Å². The molecule has 0 aliphatic carbocycles. The van der Waals surface area contributed by atoms with Gasteiger partial charge in [-0.15, -0.1) is 0 Å². The number of primary amides is 1. The number of esters is 1. The third-order valence-corrected chi connectivity index (χ3v) is 3.83. The Morgan fingerprint density at radius 2 is 1.70 bits per heavy atom. The summed E-state index contributed by atoms with van der Waals surface area (Å²) in [6.45, 7) is 8.08. The van der Waals surface area contributed by atoms with Crippen molar-refractivity contribution >= 4 is 11.9 Å². The number of benzene rings is 1. The zero-order chi connectivity index (χ0) is 22.9. The molecule has 3 N–H and O–H groups in total. The second-order valence-electron chi connectivity index (χ2n) is 6.42. The number of aromatic hydroxyl groups is 1. The minimum atomic E-state index is -0.786. The van der Waals surface area contributed by atoms with Crippen LogP contribution in [0, 0.1) is 0 Å². The van der Waals surface area contributed by atoms with Crippen LogP contribution in [0.4, 0.5) is 0 Å².